The smallest absolute Gasteiger partial charge is 0.262 e. The average molecular weight is 385 g/mol. The van der Waals surface area contributed by atoms with Crippen LogP contribution in [0.2, 0.25) is 0 Å². The monoisotopic (exact) mass is 384 g/mol. The number of carbonyl (C=O) groups is 2. The van der Waals surface area contributed by atoms with E-state index in [0.717, 1.165) is 36.8 Å². The first kappa shape index (κ1) is 19.2. The van der Waals surface area contributed by atoms with Crippen LogP contribution in [0.4, 0.5) is 5.00 Å². The van der Waals surface area contributed by atoms with Crippen molar-refractivity contribution in [3.05, 3.63) is 58.5 Å². The van der Waals surface area contributed by atoms with Gasteiger partial charge in [0.1, 0.15) is 10.8 Å². The Bertz CT molecular complexity index is 857. The van der Waals surface area contributed by atoms with E-state index in [9.17, 15) is 9.59 Å². The summed E-state index contributed by atoms with van der Waals surface area (Å²) in [5.41, 5.74) is 2.64. The minimum absolute atomic E-state index is 0.0961. The molecule has 0 radical (unpaired) electrons. The molecule has 0 atom stereocenters. The first-order valence-electron chi connectivity index (χ1n) is 9.12. The number of hydrogen-bond donors (Lipinski definition) is 2. The van der Waals surface area contributed by atoms with Crippen molar-refractivity contribution in [3.63, 3.8) is 0 Å². The van der Waals surface area contributed by atoms with E-state index in [1.165, 1.54) is 16.2 Å². The Balaban J connectivity index is 1.74. The summed E-state index contributed by atoms with van der Waals surface area (Å²) in [5.74, 6) is 0.251. The Hall–Kier alpha value is -2.60. The van der Waals surface area contributed by atoms with Crippen LogP contribution < -0.4 is 15.4 Å². The second kappa shape index (κ2) is 8.86. The van der Waals surface area contributed by atoms with Gasteiger partial charge >= 0.3 is 0 Å². The Morgan fingerprint density at radius 1 is 1.26 bits per heavy atom. The third-order valence-corrected chi connectivity index (χ3v) is 5.72. The molecule has 2 aromatic rings. The summed E-state index contributed by atoms with van der Waals surface area (Å²) in [7, 11) is 0. The molecule has 2 amide bonds. The molecule has 0 aliphatic heterocycles. The van der Waals surface area contributed by atoms with E-state index in [1.807, 2.05) is 31.2 Å². The number of para-hydroxylation sites is 1. The van der Waals surface area contributed by atoms with Crippen molar-refractivity contribution >= 4 is 28.2 Å². The van der Waals surface area contributed by atoms with Crippen molar-refractivity contribution in [3.8, 4) is 5.75 Å². The molecule has 27 heavy (non-hydrogen) atoms. The normalized spacial score (nSPS) is 12.8. The van der Waals surface area contributed by atoms with Gasteiger partial charge in [-0.3, -0.25) is 9.59 Å². The van der Waals surface area contributed by atoms with Crippen LogP contribution in [0.1, 0.15) is 39.2 Å². The third kappa shape index (κ3) is 4.57. The molecule has 5 nitrogen and oxygen atoms in total. The number of ether oxygens (including phenoxy) is 1. The average Bonchev–Trinajstić information content (AvgIpc) is 3.03. The molecule has 142 valence electrons. The first-order chi connectivity index (χ1) is 13.1. The summed E-state index contributed by atoms with van der Waals surface area (Å²) in [6.07, 6.45) is 5.65. The topological polar surface area (TPSA) is 67.4 Å². The highest BCUT2D eigenvalue weighted by atomic mass is 32.1. The second-order valence-electron chi connectivity index (χ2n) is 6.52. The summed E-state index contributed by atoms with van der Waals surface area (Å²) >= 11 is 1.50. The van der Waals surface area contributed by atoms with E-state index in [1.54, 1.807) is 6.08 Å². The zero-order chi connectivity index (χ0) is 19.2. The van der Waals surface area contributed by atoms with Crippen LogP contribution in [-0.2, 0) is 17.6 Å². The van der Waals surface area contributed by atoms with Crippen molar-refractivity contribution in [2.75, 3.05) is 18.5 Å². The quantitative estimate of drug-likeness (QED) is 0.712. The standard InChI is InChI=1S/C21H24N2O3S/c1-3-12-22-20(25)19-15-9-5-7-11-17(15)27-21(19)23-18(24)13-26-16-10-6-4-8-14(16)2/h3-4,6,8,10H,1,5,7,9,11-13H2,2H3,(H,22,25)(H,23,24). The fraction of sp³-hybridized carbons (Fsp3) is 0.333. The van der Waals surface area contributed by atoms with Crippen molar-refractivity contribution in [2.24, 2.45) is 0 Å². The highest BCUT2D eigenvalue weighted by Gasteiger charge is 2.26. The first-order valence-corrected chi connectivity index (χ1v) is 9.93. The molecule has 1 aromatic carbocycles. The molecule has 0 saturated heterocycles. The van der Waals surface area contributed by atoms with Gasteiger partial charge in [-0.2, -0.15) is 0 Å². The number of aryl methyl sites for hydroxylation is 2. The van der Waals surface area contributed by atoms with Crippen LogP contribution in [0, 0.1) is 6.92 Å². The number of anilines is 1. The minimum Gasteiger partial charge on any atom is -0.483 e. The lowest BCUT2D eigenvalue weighted by Crippen LogP contribution is -2.27. The number of benzene rings is 1. The molecule has 6 heteroatoms. The highest BCUT2D eigenvalue weighted by molar-refractivity contribution is 7.17. The maximum atomic E-state index is 12.6. The number of nitrogens with one attached hydrogen (secondary N) is 2. The van der Waals surface area contributed by atoms with E-state index in [-0.39, 0.29) is 18.4 Å². The maximum Gasteiger partial charge on any atom is 0.262 e. The summed E-state index contributed by atoms with van der Waals surface area (Å²) in [5, 5.41) is 6.33. The van der Waals surface area contributed by atoms with Crippen molar-refractivity contribution in [1.82, 2.24) is 5.32 Å². The number of carbonyl (C=O) groups excluding carboxylic acids is 2. The molecule has 0 bridgehead atoms. The fourth-order valence-corrected chi connectivity index (χ4v) is 4.47. The summed E-state index contributed by atoms with van der Waals surface area (Å²) < 4.78 is 5.62. The van der Waals surface area contributed by atoms with E-state index < -0.39 is 0 Å². The second-order valence-corrected chi connectivity index (χ2v) is 7.62. The molecule has 3 rings (SSSR count). The SMILES string of the molecule is C=CCNC(=O)c1c(NC(=O)COc2ccccc2C)sc2c1CCCC2. The summed E-state index contributed by atoms with van der Waals surface area (Å²) in [6.45, 7) is 5.87. The van der Waals surface area contributed by atoms with E-state index >= 15 is 0 Å². The number of hydrogen-bond acceptors (Lipinski definition) is 4. The van der Waals surface area contributed by atoms with Crippen LogP contribution in [0.25, 0.3) is 0 Å². The Morgan fingerprint density at radius 3 is 2.81 bits per heavy atom. The van der Waals surface area contributed by atoms with Crippen molar-refractivity contribution in [1.29, 1.82) is 0 Å². The molecule has 0 saturated carbocycles. The van der Waals surface area contributed by atoms with Crippen LogP contribution >= 0.6 is 11.3 Å². The highest BCUT2D eigenvalue weighted by Crippen LogP contribution is 2.38. The molecule has 2 N–H and O–H groups in total. The molecule has 1 aromatic heterocycles. The van der Waals surface area contributed by atoms with Gasteiger partial charge < -0.3 is 15.4 Å². The van der Waals surface area contributed by atoms with Gasteiger partial charge in [-0.15, -0.1) is 17.9 Å². The minimum atomic E-state index is -0.269. The van der Waals surface area contributed by atoms with Gasteiger partial charge in [-0.25, -0.2) is 0 Å². The molecule has 1 aliphatic carbocycles. The Morgan fingerprint density at radius 2 is 2.04 bits per heavy atom. The number of amides is 2. The Labute approximate surface area is 163 Å². The third-order valence-electron chi connectivity index (χ3n) is 4.51. The van der Waals surface area contributed by atoms with Gasteiger partial charge in [-0.05, 0) is 49.8 Å². The molecular weight excluding hydrogens is 360 g/mol. The molecule has 1 heterocycles. The van der Waals surface area contributed by atoms with Gasteiger partial charge in [0.05, 0.1) is 5.56 Å². The number of rotatable bonds is 7. The Kier molecular flexibility index (Phi) is 6.29. The molecule has 0 unspecified atom stereocenters. The predicted octanol–water partition coefficient (Wildman–Crippen LogP) is 3.87. The number of thiophene rings is 1. The fourth-order valence-electron chi connectivity index (χ4n) is 3.17. The van der Waals surface area contributed by atoms with Crippen LogP contribution in [0.3, 0.4) is 0 Å². The van der Waals surface area contributed by atoms with Gasteiger partial charge in [0.25, 0.3) is 11.8 Å². The van der Waals surface area contributed by atoms with E-state index in [2.05, 4.69) is 17.2 Å². The lowest BCUT2D eigenvalue weighted by molar-refractivity contribution is -0.118. The van der Waals surface area contributed by atoms with E-state index in [4.69, 9.17) is 4.74 Å². The van der Waals surface area contributed by atoms with Gasteiger partial charge in [0.15, 0.2) is 6.61 Å². The lowest BCUT2D eigenvalue weighted by atomic mass is 9.95. The van der Waals surface area contributed by atoms with Crippen molar-refractivity contribution in [2.45, 2.75) is 32.6 Å². The largest absolute Gasteiger partial charge is 0.483 e. The molecule has 0 spiro atoms. The molecule has 0 fully saturated rings. The van der Waals surface area contributed by atoms with Crippen LogP contribution in [-0.4, -0.2) is 25.0 Å². The van der Waals surface area contributed by atoms with Crippen molar-refractivity contribution < 1.29 is 14.3 Å². The van der Waals surface area contributed by atoms with Gasteiger partial charge in [-0.1, -0.05) is 24.3 Å². The van der Waals surface area contributed by atoms with E-state index in [0.29, 0.717) is 22.9 Å². The summed E-state index contributed by atoms with van der Waals surface area (Å²) in [6, 6.07) is 7.56. The van der Waals surface area contributed by atoms with Gasteiger partial charge in [0.2, 0.25) is 0 Å². The molecule has 1 aliphatic rings. The number of fused-ring (bicyclic) bond motifs is 1. The zero-order valence-corrected chi connectivity index (χ0v) is 16.3. The van der Waals surface area contributed by atoms with Crippen LogP contribution in [0.5, 0.6) is 5.75 Å². The zero-order valence-electron chi connectivity index (χ0n) is 15.5. The molecular formula is C21H24N2O3S. The summed E-state index contributed by atoms with van der Waals surface area (Å²) in [4.78, 5) is 26.2. The maximum absolute atomic E-state index is 12.6. The van der Waals surface area contributed by atoms with Crippen LogP contribution in [0.15, 0.2) is 36.9 Å². The lowest BCUT2D eigenvalue weighted by Gasteiger charge is -2.13. The van der Waals surface area contributed by atoms with Gasteiger partial charge in [0, 0.05) is 11.4 Å². The predicted molar refractivity (Wildman–Crippen MR) is 109 cm³/mol.